The lowest BCUT2D eigenvalue weighted by Gasteiger charge is -2.56. The molecule has 33 heavy (non-hydrogen) atoms. The summed E-state index contributed by atoms with van der Waals surface area (Å²) in [5.74, 6) is 0.109. The molecule has 180 valence electrons. The molecule has 2 fully saturated rings. The quantitative estimate of drug-likeness (QED) is 0.603. The monoisotopic (exact) mass is 491 g/mol. The van der Waals surface area contributed by atoms with E-state index in [4.69, 9.17) is 9.52 Å². The molecule has 0 aromatic heterocycles. The van der Waals surface area contributed by atoms with Crippen LogP contribution in [0.15, 0.2) is 52.3 Å². The lowest BCUT2D eigenvalue weighted by Crippen LogP contribution is -2.66. The van der Waals surface area contributed by atoms with Crippen LogP contribution < -0.4 is 9.21 Å². The Morgan fingerprint density at radius 2 is 1.73 bits per heavy atom. The van der Waals surface area contributed by atoms with Crippen LogP contribution in [0, 0.1) is 16.1 Å². The number of rotatable bonds is 8. The molecule has 0 bridgehead atoms. The first kappa shape index (κ1) is 24.0. The Balaban J connectivity index is 1.73. The SMILES string of the molecule is CCc1ccc(N(CC(C)C)S(=O)(=O)c2ccc(N3CC4(COC4)C3)c(S(C)(=N)=O)c2)cc1. The average Bonchev–Trinajstić information content (AvgIpc) is 2.69. The Morgan fingerprint density at radius 3 is 2.21 bits per heavy atom. The molecular weight excluding hydrogens is 458 g/mol. The van der Waals surface area contributed by atoms with Crippen molar-refractivity contribution in [3.8, 4) is 0 Å². The second-order valence-corrected chi connectivity index (χ2v) is 13.8. The van der Waals surface area contributed by atoms with Crippen molar-refractivity contribution in [2.45, 2.75) is 37.0 Å². The van der Waals surface area contributed by atoms with Crippen molar-refractivity contribution in [2.75, 3.05) is 48.3 Å². The van der Waals surface area contributed by atoms with Crippen LogP contribution in [0.25, 0.3) is 0 Å². The Bertz CT molecular complexity index is 1230. The number of aryl methyl sites for hydroxylation is 1. The Hall–Kier alpha value is -2.10. The molecule has 4 rings (SSSR count). The zero-order chi connectivity index (χ0) is 24.0. The number of anilines is 2. The number of hydrogen-bond acceptors (Lipinski definition) is 6. The third-order valence-electron chi connectivity index (χ3n) is 6.31. The first-order valence-corrected chi connectivity index (χ1v) is 14.7. The highest BCUT2D eigenvalue weighted by Gasteiger charge is 2.49. The summed E-state index contributed by atoms with van der Waals surface area (Å²) in [6.45, 7) is 9.30. The summed E-state index contributed by atoms with van der Waals surface area (Å²) in [5.41, 5.74) is 2.56. The summed E-state index contributed by atoms with van der Waals surface area (Å²) in [4.78, 5) is 2.40. The number of benzene rings is 2. The fraction of sp³-hybridized carbons (Fsp3) is 0.500. The molecule has 0 aliphatic carbocycles. The van der Waals surface area contributed by atoms with Crippen LogP contribution in [0.3, 0.4) is 0 Å². The van der Waals surface area contributed by atoms with Gasteiger partial charge in [0.1, 0.15) is 0 Å². The molecule has 9 heteroatoms. The van der Waals surface area contributed by atoms with E-state index >= 15 is 0 Å². The largest absolute Gasteiger partial charge is 0.380 e. The maximum atomic E-state index is 13.8. The molecule has 2 aromatic carbocycles. The molecule has 2 heterocycles. The average molecular weight is 492 g/mol. The normalized spacial score (nSPS) is 19.1. The Labute approximate surface area is 197 Å². The van der Waals surface area contributed by atoms with Crippen molar-refractivity contribution < 1.29 is 17.4 Å². The molecule has 7 nitrogen and oxygen atoms in total. The molecule has 1 unspecified atom stereocenters. The predicted molar refractivity (Wildman–Crippen MR) is 132 cm³/mol. The first-order chi connectivity index (χ1) is 15.4. The van der Waals surface area contributed by atoms with Gasteiger partial charge in [0.2, 0.25) is 0 Å². The number of nitrogens with one attached hydrogen (secondary N) is 1. The minimum atomic E-state index is -3.91. The Morgan fingerprint density at radius 1 is 1.09 bits per heavy atom. The van der Waals surface area contributed by atoms with Gasteiger partial charge in [0.15, 0.2) is 0 Å². The molecular formula is C24H33N3O4S2. The molecule has 0 amide bonds. The van der Waals surface area contributed by atoms with Crippen molar-refractivity contribution in [1.29, 1.82) is 4.78 Å². The first-order valence-electron chi connectivity index (χ1n) is 11.3. The van der Waals surface area contributed by atoms with Gasteiger partial charge in [0.25, 0.3) is 10.0 Å². The van der Waals surface area contributed by atoms with E-state index in [0.29, 0.717) is 31.1 Å². The highest BCUT2D eigenvalue weighted by Crippen LogP contribution is 2.43. The summed E-state index contributed by atoms with van der Waals surface area (Å²) in [6.07, 6.45) is 2.22. The molecule has 1 spiro atoms. The van der Waals surface area contributed by atoms with Crippen molar-refractivity contribution in [2.24, 2.45) is 11.3 Å². The van der Waals surface area contributed by atoms with Crippen LogP contribution in [-0.2, 0) is 30.9 Å². The van der Waals surface area contributed by atoms with Crippen LogP contribution in [-0.4, -0.2) is 51.7 Å². The maximum absolute atomic E-state index is 13.8. The smallest absolute Gasteiger partial charge is 0.264 e. The lowest BCUT2D eigenvalue weighted by atomic mass is 9.78. The molecule has 1 N–H and O–H groups in total. The summed E-state index contributed by atoms with van der Waals surface area (Å²) in [7, 11) is -7.05. The van der Waals surface area contributed by atoms with Crippen molar-refractivity contribution in [1.82, 2.24) is 0 Å². The van der Waals surface area contributed by atoms with Gasteiger partial charge in [-0.05, 0) is 48.2 Å². The van der Waals surface area contributed by atoms with Gasteiger partial charge in [0, 0.05) is 25.9 Å². The van der Waals surface area contributed by atoms with E-state index in [0.717, 1.165) is 25.1 Å². The van der Waals surface area contributed by atoms with Gasteiger partial charge in [-0.15, -0.1) is 0 Å². The van der Waals surface area contributed by atoms with Gasteiger partial charge in [-0.3, -0.25) is 4.31 Å². The zero-order valence-corrected chi connectivity index (χ0v) is 21.3. The van der Waals surface area contributed by atoms with Crippen LogP contribution in [0.2, 0.25) is 0 Å². The van der Waals surface area contributed by atoms with Gasteiger partial charge < -0.3 is 9.64 Å². The third kappa shape index (κ3) is 4.63. The van der Waals surface area contributed by atoms with Gasteiger partial charge >= 0.3 is 0 Å². The van der Waals surface area contributed by atoms with Crippen LogP contribution in [0.5, 0.6) is 0 Å². The van der Waals surface area contributed by atoms with E-state index < -0.39 is 19.8 Å². The summed E-state index contributed by atoms with van der Waals surface area (Å²) in [5, 5.41) is 0. The highest BCUT2D eigenvalue weighted by atomic mass is 32.2. The third-order valence-corrected chi connectivity index (χ3v) is 9.27. The molecule has 2 aliphatic heterocycles. The topological polar surface area (TPSA) is 90.8 Å². The number of hydrogen-bond donors (Lipinski definition) is 1. The second kappa shape index (κ2) is 8.60. The van der Waals surface area contributed by atoms with Gasteiger partial charge in [-0.25, -0.2) is 17.4 Å². The van der Waals surface area contributed by atoms with Crippen LogP contribution >= 0.6 is 0 Å². The van der Waals surface area contributed by atoms with Crippen molar-refractivity contribution >= 4 is 31.1 Å². The summed E-state index contributed by atoms with van der Waals surface area (Å²) >= 11 is 0. The van der Waals surface area contributed by atoms with E-state index in [1.54, 1.807) is 12.1 Å². The fourth-order valence-electron chi connectivity index (χ4n) is 4.43. The fourth-order valence-corrected chi connectivity index (χ4v) is 7.11. The van der Waals surface area contributed by atoms with E-state index in [9.17, 15) is 12.6 Å². The van der Waals surface area contributed by atoms with Crippen molar-refractivity contribution in [3.05, 3.63) is 48.0 Å². The van der Waals surface area contributed by atoms with E-state index in [1.807, 2.05) is 38.1 Å². The highest BCUT2D eigenvalue weighted by molar-refractivity contribution is 7.93. The predicted octanol–water partition coefficient (Wildman–Crippen LogP) is 3.97. The number of sulfonamides is 1. The molecule has 1 atom stereocenters. The number of nitrogens with zero attached hydrogens (tertiary/aromatic N) is 2. The van der Waals surface area contributed by atoms with E-state index in [-0.39, 0.29) is 21.1 Å². The van der Waals surface area contributed by atoms with Crippen LogP contribution in [0.4, 0.5) is 11.4 Å². The molecule has 2 aliphatic rings. The maximum Gasteiger partial charge on any atom is 0.264 e. The molecule has 2 aromatic rings. The standard InChI is InChI=1S/C24H33N3O4S2/c1-5-19-6-8-20(9-7-19)27(13-18(2)3)33(29,30)21-10-11-22(23(12-21)32(4,25)28)26-14-24(15-26)16-31-17-24/h6-12,18,25H,5,13-17H2,1-4H3. The molecule has 2 saturated heterocycles. The van der Waals surface area contributed by atoms with Crippen LogP contribution in [0.1, 0.15) is 26.3 Å². The number of ether oxygens (including phenoxy) is 1. The second-order valence-electron chi connectivity index (χ2n) is 9.77. The minimum absolute atomic E-state index is 0.0607. The minimum Gasteiger partial charge on any atom is -0.380 e. The van der Waals surface area contributed by atoms with Gasteiger partial charge in [-0.2, -0.15) is 0 Å². The van der Waals surface area contributed by atoms with E-state index in [1.165, 1.54) is 16.6 Å². The zero-order valence-electron chi connectivity index (χ0n) is 19.7. The van der Waals surface area contributed by atoms with Gasteiger partial charge in [0.05, 0.1) is 49.5 Å². The Kier molecular flexibility index (Phi) is 6.26. The molecule has 0 saturated carbocycles. The summed E-state index contributed by atoms with van der Waals surface area (Å²) < 4.78 is 55.4. The molecule has 0 radical (unpaired) electrons. The lowest BCUT2D eigenvalue weighted by molar-refractivity contribution is -0.127. The van der Waals surface area contributed by atoms with Crippen molar-refractivity contribution in [3.63, 3.8) is 0 Å². The van der Waals surface area contributed by atoms with Gasteiger partial charge in [-0.1, -0.05) is 32.9 Å². The summed E-state index contributed by atoms with van der Waals surface area (Å²) in [6, 6.07) is 12.3. The van der Waals surface area contributed by atoms with E-state index in [2.05, 4.69) is 11.8 Å².